The minimum absolute atomic E-state index is 0.0665. The van der Waals surface area contributed by atoms with Crippen LogP contribution < -0.4 is 10.1 Å². The lowest BCUT2D eigenvalue weighted by Crippen LogP contribution is -2.34. The maximum Gasteiger partial charge on any atom is 0.307 e. The Morgan fingerprint density at radius 3 is 2.33 bits per heavy atom. The Bertz CT molecular complexity index is 658. The van der Waals surface area contributed by atoms with Gasteiger partial charge in [-0.1, -0.05) is 39.0 Å². The topological polar surface area (TPSA) is 75.6 Å². The normalized spacial score (nSPS) is 20.5. The number of hydrogen-bond acceptors (Lipinski definition) is 3. The Morgan fingerprint density at radius 2 is 1.79 bits per heavy atom. The minimum atomic E-state index is -0.935. The zero-order valence-corrected chi connectivity index (χ0v) is 14.6. The van der Waals surface area contributed by atoms with Crippen LogP contribution in [0.4, 0.5) is 5.69 Å². The zero-order chi connectivity index (χ0) is 17.9. The molecule has 0 spiro atoms. The van der Waals surface area contributed by atoms with E-state index in [1.54, 1.807) is 7.11 Å². The summed E-state index contributed by atoms with van der Waals surface area (Å²) in [5.74, 6) is -1.91. The van der Waals surface area contributed by atoms with Crippen LogP contribution in [0, 0.1) is 11.8 Å². The molecule has 1 aromatic rings. The van der Waals surface area contributed by atoms with Crippen LogP contribution >= 0.6 is 0 Å². The molecular weight excluding hydrogens is 306 g/mol. The molecule has 0 aliphatic heterocycles. The van der Waals surface area contributed by atoms with Crippen LogP contribution in [0.5, 0.6) is 5.75 Å². The molecule has 0 heterocycles. The van der Waals surface area contributed by atoms with E-state index in [9.17, 15) is 14.7 Å². The van der Waals surface area contributed by atoms with E-state index in [4.69, 9.17) is 4.74 Å². The predicted octanol–water partition coefficient (Wildman–Crippen LogP) is 3.60. The highest BCUT2D eigenvalue weighted by Crippen LogP contribution is 2.33. The van der Waals surface area contributed by atoms with Gasteiger partial charge < -0.3 is 15.2 Å². The van der Waals surface area contributed by atoms with Gasteiger partial charge in [-0.2, -0.15) is 0 Å². The maximum atomic E-state index is 12.6. The molecule has 2 atom stereocenters. The van der Waals surface area contributed by atoms with Gasteiger partial charge in [-0.05, 0) is 36.0 Å². The second-order valence-corrected chi connectivity index (χ2v) is 7.15. The predicted molar refractivity (Wildman–Crippen MR) is 93.3 cm³/mol. The molecule has 1 aliphatic carbocycles. The summed E-state index contributed by atoms with van der Waals surface area (Å²) in [7, 11) is 1.55. The van der Waals surface area contributed by atoms with Crippen molar-refractivity contribution in [2.45, 2.75) is 39.0 Å². The van der Waals surface area contributed by atoms with E-state index >= 15 is 0 Å². The third-order valence-corrected chi connectivity index (χ3v) is 4.41. The number of anilines is 1. The van der Waals surface area contributed by atoms with Crippen LogP contribution in [0.3, 0.4) is 0 Å². The summed E-state index contributed by atoms with van der Waals surface area (Å²) in [6, 6.07) is 5.69. The van der Waals surface area contributed by atoms with Crippen LogP contribution in [0.15, 0.2) is 30.4 Å². The van der Waals surface area contributed by atoms with Gasteiger partial charge in [0, 0.05) is 0 Å². The summed E-state index contributed by atoms with van der Waals surface area (Å²) >= 11 is 0. The average molecular weight is 331 g/mol. The van der Waals surface area contributed by atoms with Gasteiger partial charge in [-0.25, -0.2) is 0 Å². The lowest BCUT2D eigenvalue weighted by Gasteiger charge is -2.25. The van der Waals surface area contributed by atoms with Gasteiger partial charge in [0.25, 0.3) is 0 Å². The first-order valence-electron chi connectivity index (χ1n) is 8.11. The number of hydrogen-bond donors (Lipinski definition) is 2. The van der Waals surface area contributed by atoms with Crippen LogP contribution in [0.25, 0.3) is 0 Å². The molecule has 1 aliphatic rings. The second kappa shape index (κ2) is 7.07. The number of nitrogens with one attached hydrogen (secondary N) is 1. The molecule has 0 unspecified atom stereocenters. The molecule has 24 heavy (non-hydrogen) atoms. The smallest absolute Gasteiger partial charge is 0.307 e. The number of ether oxygens (including phenoxy) is 1. The summed E-state index contributed by atoms with van der Waals surface area (Å²) in [5, 5.41) is 12.2. The molecule has 0 radical (unpaired) electrons. The van der Waals surface area contributed by atoms with Crippen LogP contribution in [0.2, 0.25) is 0 Å². The molecule has 1 amide bonds. The number of rotatable bonds is 4. The van der Waals surface area contributed by atoms with Crippen molar-refractivity contribution in [3.8, 4) is 5.75 Å². The van der Waals surface area contributed by atoms with Gasteiger partial charge in [0.05, 0.1) is 24.6 Å². The van der Waals surface area contributed by atoms with E-state index in [1.807, 2.05) is 30.4 Å². The minimum Gasteiger partial charge on any atom is -0.495 e. The van der Waals surface area contributed by atoms with Gasteiger partial charge >= 0.3 is 5.97 Å². The highest BCUT2D eigenvalue weighted by Gasteiger charge is 2.34. The Morgan fingerprint density at radius 1 is 1.17 bits per heavy atom. The monoisotopic (exact) mass is 331 g/mol. The number of aliphatic carboxylic acids is 1. The SMILES string of the molecule is COc1ccc(C(C)(C)C)cc1NC(=O)[C@@H]1CC=CC[C@H]1C(=O)O. The van der Waals surface area contributed by atoms with Crippen molar-refractivity contribution in [1.29, 1.82) is 0 Å². The lowest BCUT2D eigenvalue weighted by atomic mass is 9.82. The van der Waals surface area contributed by atoms with Crippen molar-refractivity contribution in [3.63, 3.8) is 0 Å². The molecule has 2 rings (SSSR count). The standard InChI is InChI=1S/C19H25NO4/c1-19(2,3)12-9-10-16(24-4)15(11-12)20-17(21)13-7-5-6-8-14(13)18(22)23/h5-6,9-11,13-14H,7-8H2,1-4H3,(H,20,21)(H,22,23)/t13-,14-/m1/s1. The number of carboxylic acid groups (broad SMARTS) is 1. The Balaban J connectivity index is 2.27. The van der Waals surface area contributed by atoms with E-state index in [0.29, 0.717) is 24.3 Å². The molecule has 5 nitrogen and oxygen atoms in total. The van der Waals surface area contributed by atoms with Crippen molar-refractivity contribution in [2.75, 3.05) is 12.4 Å². The van der Waals surface area contributed by atoms with Crippen molar-refractivity contribution in [1.82, 2.24) is 0 Å². The van der Waals surface area contributed by atoms with E-state index in [2.05, 4.69) is 26.1 Å². The lowest BCUT2D eigenvalue weighted by molar-refractivity contribution is -0.146. The molecule has 130 valence electrons. The molecular formula is C19H25NO4. The first kappa shape index (κ1) is 18.0. The second-order valence-electron chi connectivity index (χ2n) is 7.15. The van der Waals surface area contributed by atoms with Gasteiger partial charge in [-0.15, -0.1) is 0 Å². The summed E-state index contributed by atoms with van der Waals surface area (Å²) in [6.07, 6.45) is 4.51. The summed E-state index contributed by atoms with van der Waals surface area (Å²) < 4.78 is 5.33. The van der Waals surface area contributed by atoms with Crippen molar-refractivity contribution in [2.24, 2.45) is 11.8 Å². The van der Waals surface area contributed by atoms with Gasteiger partial charge in [-0.3, -0.25) is 9.59 Å². The van der Waals surface area contributed by atoms with Crippen LogP contribution in [-0.4, -0.2) is 24.1 Å². The molecule has 2 N–H and O–H groups in total. The fourth-order valence-electron chi connectivity index (χ4n) is 2.87. The number of allylic oxidation sites excluding steroid dienone is 2. The number of carbonyl (C=O) groups is 2. The van der Waals surface area contributed by atoms with E-state index < -0.39 is 17.8 Å². The van der Waals surface area contributed by atoms with Crippen LogP contribution in [-0.2, 0) is 15.0 Å². The Labute approximate surface area is 142 Å². The van der Waals surface area contributed by atoms with Crippen molar-refractivity contribution in [3.05, 3.63) is 35.9 Å². The molecule has 0 saturated carbocycles. The molecule has 1 aromatic carbocycles. The Kier molecular flexibility index (Phi) is 5.32. The summed E-state index contributed by atoms with van der Waals surface area (Å²) in [6.45, 7) is 6.27. The number of amides is 1. The maximum absolute atomic E-state index is 12.6. The third-order valence-electron chi connectivity index (χ3n) is 4.41. The quantitative estimate of drug-likeness (QED) is 0.827. The van der Waals surface area contributed by atoms with Gasteiger partial charge in [0.2, 0.25) is 5.91 Å². The molecule has 0 saturated heterocycles. The zero-order valence-electron chi connectivity index (χ0n) is 14.6. The molecule has 0 bridgehead atoms. The van der Waals surface area contributed by atoms with Gasteiger partial charge in [0.15, 0.2) is 0 Å². The van der Waals surface area contributed by atoms with E-state index in [0.717, 1.165) is 5.56 Å². The fraction of sp³-hybridized carbons (Fsp3) is 0.474. The Hall–Kier alpha value is -2.30. The first-order chi connectivity index (χ1) is 11.2. The number of benzene rings is 1. The third kappa shape index (κ3) is 3.96. The highest BCUT2D eigenvalue weighted by atomic mass is 16.5. The number of carbonyl (C=O) groups excluding carboxylic acids is 1. The number of carboxylic acids is 1. The summed E-state index contributed by atoms with van der Waals surface area (Å²) in [5.41, 5.74) is 1.58. The van der Waals surface area contributed by atoms with Crippen LogP contribution in [0.1, 0.15) is 39.2 Å². The first-order valence-corrected chi connectivity index (χ1v) is 8.11. The summed E-state index contributed by atoms with van der Waals surface area (Å²) in [4.78, 5) is 24.0. The average Bonchev–Trinajstić information content (AvgIpc) is 2.53. The van der Waals surface area contributed by atoms with E-state index in [-0.39, 0.29) is 11.3 Å². The molecule has 0 aromatic heterocycles. The van der Waals surface area contributed by atoms with E-state index in [1.165, 1.54) is 0 Å². The van der Waals surface area contributed by atoms with Gasteiger partial charge in [0.1, 0.15) is 5.75 Å². The van der Waals surface area contributed by atoms with Crippen molar-refractivity contribution < 1.29 is 19.4 Å². The van der Waals surface area contributed by atoms with Crippen molar-refractivity contribution >= 4 is 17.6 Å². The molecule has 5 heteroatoms. The number of methoxy groups -OCH3 is 1. The largest absolute Gasteiger partial charge is 0.495 e. The highest BCUT2D eigenvalue weighted by molar-refractivity contribution is 5.96. The fourth-order valence-corrected chi connectivity index (χ4v) is 2.87. The molecule has 0 fully saturated rings.